The Morgan fingerprint density at radius 2 is 2.00 bits per heavy atom. The van der Waals surface area contributed by atoms with Crippen molar-refractivity contribution in [2.75, 3.05) is 0 Å². The summed E-state index contributed by atoms with van der Waals surface area (Å²) >= 11 is 0. The largest absolute Gasteiger partial charge is 0.415 e. The van der Waals surface area contributed by atoms with Gasteiger partial charge in [-0.3, -0.25) is 4.79 Å². The van der Waals surface area contributed by atoms with Crippen molar-refractivity contribution in [3.63, 3.8) is 0 Å². The fourth-order valence-electron chi connectivity index (χ4n) is 2.68. The van der Waals surface area contributed by atoms with E-state index in [4.69, 9.17) is 0 Å². The Hall–Kier alpha value is -1.06. The van der Waals surface area contributed by atoms with Gasteiger partial charge in [-0.05, 0) is 31.1 Å². The van der Waals surface area contributed by atoms with Crippen molar-refractivity contribution in [2.45, 2.75) is 52.0 Å². The monoisotopic (exact) mass is 225 g/mol. The number of rotatable bonds is 0. The number of amides is 1. The molecule has 1 saturated heterocycles. The summed E-state index contributed by atoms with van der Waals surface area (Å²) < 4.78 is 4.63. The first kappa shape index (κ1) is 11.4. The van der Waals surface area contributed by atoms with Crippen molar-refractivity contribution in [1.29, 1.82) is 0 Å². The quantitative estimate of drug-likeness (QED) is 0.508. The second-order valence-corrected chi connectivity index (χ2v) is 5.66. The van der Waals surface area contributed by atoms with E-state index >= 15 is 0 Å². The zero-order valence-electron chi connectivity index (χ0n) is 9.91. The highest BCUT2D eigenvalue weighted by Gasteiger charge is 2.39. The number of alkyl carbamates (subject to hydrolysis) is 1. The molecule has 0 aromatic carbocycles. The maximum atomic E-state index is 11.6. The van der Waals surface area contributed by atoms with E-state index in [2.05, 4.69) is 23.9 Å². The summed E-state index contributed by atoms with van der Waals surface area (Å²) in [5.41, 5.74) is 0.298. The van der Waals surface area contributed by atoms with Crippen LogP contribution in [-0.2, 0) is 9.53 Å². The number of carbonyl (C=O) groups is 2. The summed E-state index contributed by atoms with van der Waals surface area (Å²) in [5, 5.41) is 2.76. The van der Waals surface area contributed by atoms with Gasteiger partial charge >= 0.3 is 12.1 Å². The standard InChI is InChI=1S/C12H19NO3/c1-12(2)6-3-4-9-8(5-7-12)10(14)16-11(15)13-9/h8-9H,3-7H2,1-2H3,(H,13,15). The van der Waals surface area contributed by atoms with Gasteiger partial charge in [-0.1, -0.05) is 20.3 Å². The first-order valence-corrected chi connectivity index (χ1v) is 6.00. The maximum Gasteiger partial charge on any atom is 0.415 e. The molecule has 0 bridgehead atoms. The van der Waals surface area contributed by atoms with Crippen LogP contribution in [0, 0.1) is 11.3 Å². The Morgan fingerprint density at radius 3 is 2.75 bits per heavy atom. The molecule has 16 heavy (non-hydrogen) atoms. The molecule has 0 spiro atoms. The zero-order valence-corrected chi connectivity index (χ0v) is 9.91. The highest BCUT2D eigenvalue weighted by Crippen LogP contribution is 2.36. The fourth-order valence-corrected chi connectivity index (χ4v) is 2.68. The summed E-state index contributed by atoms with van der Waals surface area (Å²) in [6, 6.07) is -0.00940. The van der Waals surface area contributed by atoms with E-state index in [9.17, 15) is 9.59 Å². The molecule has 2 rings (SSSR count). The third kappa shape index (κ3) is 2.36. The van der Waals surface area contributed by atoms with Gasteiger partial charge in [0, 0.05) is 6.04 Å². The lowest BCUT2D eigenvalue weighted by atomic mass is 9.75. The van der Waals surface area contributed by atoms with Crippen LogP contribution in [0.5, 0.6) is 0 Å². The molecule has 2 atom stereocenters. The number of esters is 1. The van der Waals surface area contributed by atoms with E-state index in [1.807, 2.05) is 0 Å². The average molecular weight is 225 g/mol. The van der Waals surface area contributed by atoms with E-state index in [-0.39, 0.29) is 17.9 Å². The topological polar surface area (TPSA) is 55.4 Å². The van der Waals surface area contributed by atoms with Gasteiger partial charge < -0.3 is 10.1 Å². The normalized spacial score (nSPS) is 34.1. The van der Waals surface area contributed by atoms with Crippen molar-refractivity contribution >= 4 is 12.1 Å². The van der Waals surface area contributed by atoms with Crippen LogP contribution in [0.25, 0.3) is 0 Å². The summed E-state index contributed by atoms with van der Waals surface area (Å²) in [5.74, 6) is -0.483. The molecular formula is C12H19NO3. The van der Waals surface area contributed by atoms with E-state index in [0.717, 1.165) is 32.1 Å². The molecule has 0 aromatic heterocycles. The Labute approximate surface area is 95.7 Å². The van der Waals surface area contributed by atoms with Gasteiger partial charge in [-0.25, -0.2) is 4.79 Å². The molecule has 2 unspecified atom stereocenters. The lowest BCUT2D eigenvalue weighted by Gasteiger charge is -2.36. The molecule has 1 heterocycles. The van der Waals surface area contributed by atoms with E-state index in [1.165, 1.54) is 0 Å². The second kappa shape index (κ2) is 4.07. The van der Waals surface area contributed by atoms with Gasteiger partial charge in [0.15, 0.2) is 0 Å². The molecule has 1 aliphatic carbocycles. The number of nitrogens with one attached hydrogen (secondary N) is 1. The number of carbonyl (C=O) groups excluding carboxylic acids is 2. The number of hydrogen-bond acceptors (Lipinski definition) is 3. The first-order chi connectivity index (χ1) is 7.48. The van der Waals surface area contributed by atoms with Crippen LogP contribution in [0.1, 0.15) is 46.0 Å². The first-order valence-electron chi connectivity index (χ1n) is 6.00. The molecule has 1 amide bonds. The van der Waals surface area contributed by atoms with Gasteiger partial charge in [0.1, 0.15) is 0 Å². The smallest absolute Gasteiger partial charge is 0.376 e. The molecule has 4 heteroatoms. The zero-order chi connectivity index (χ0) is 11.8. The fraction of sp³-hybridized carbons (Fsp3) is 0.833. The molecule has 2 aliphatic rings. The molecule has 4 nitrogen and oxygen atoms in total. The highest BCUT2D eigenvalue weighted by molar-refractivity contribution is 5.89. The predicted octanol–water partition coefficient (Wildman–Crippen LogP) is 2.23. The minimum absolute atomic E-state index is 0.00940. The number of ether oxygens (including phenoxy) is 1. The summed E-state index contributed by atoms with van der Waals surface area (Å²) in [4.78, 5) is 22.7. The minimum atomic E-state index is -0.578. The Kier molecular flexibility index (Phi) is 2.91. The molecule has 1 N–H and O–H groups in total. The minimum Gasteiger partial charge on any atom is -0.376 e. The molecule has 1 saturated carbocycles. The highest BCUT2D eigenvalue weighted by atomic mass is 16.6. The Bertz CT molecular complexity index is 311. The van der Waals surface area contributed by atoms with Crippen LogP contribution in [0.15, 0.2) is 0 Å². The van der Waals surface area contributed by atoms with Crippen molar-refractivity contribution in [1.82, 2.24) is 5.32 Å². The molecule has 1 aliphatic heterocycles. The molecule has 2 fully saturated rings. The molecular weight excluding hydrogens is 206 g/mol. The molecule has 0 aromatic rings. The summed E-state index contributed by atoms with van der Waals surface area (Å²) in [7, 11) is 0. The van der Waals surface area contributed by atoms with Crippen LogP contribution in [0.4, 0.5) is 4.79 Å². The van der Waals surface area contributed by atoms with Gasteiger partial charge in [-0.2, -0.15) is 0 Å². The van der Waals surface area contributed by atoms with Gasteiger partial charge in [0.05, 0.1) is 5.92 Å². The van der Waals surface area contributed by atoms with E-state index in [0.29, 0.717) is 5.41 Å². The van der Waals surface area contributed by atoms with E-state index in [1.54, 1.807) is 0 Å². The maximum absolute atomic E-state index is 11.6. The summed E-state index contributed by atoms with van der Waals surface area (Å²) in [6.45, 7) is 4.47. The van der Waals surface area contributed by atoms with Crippen LogP contribution < -0.4 is 5.32 Å². The second-order valence-electron chi connectivity index (χ2n) is 5.66. The third-order valence-electron chi connectivity index (χ3n) is 3.79. The lowest BCUT2D eigenvalue weighted by Crippen LogP contribution is -2.51. The van der Waals surface area contributed by atoms with Gasteiger partial charge in [-0.15, -0.1) is 0 Å². The summed E-state index contributed by atoms with van der Waals surface area (Å²) in [6.07, 6.45) is 4.35. The van der Waals surface area contributed by atoms with Crippen LogP contribution >= 0.6 is 0 Å². The van der Waals surface area contributed by atoms with Crippen molar-refractivity contribution in [3.05, 3.63) is 0 Å². The molecule has 0 radical (unpaired) electrons. The van der Waals surface area contributed by atoms with E-state index < -0.39 is 6.09 Å². The predicted molar refractivity (Wildman–Crippen MR) is 58.8 cm³/mol. The Morgan fingerprint density at radius 1 is 1.25 bits per heavy atom. The van der Waals surface area contributed by atoms with Crippen LogP contribution in [0.3, 0.4) is 0 Å². The average Bonchev–Trinajstić information content (AvgIpc) is 2.13. The third-order valence-corrected chi connectivity index (χ3v) is 3.79. The number of fused-ring (bicyclic) bond motifs is 1. The van der Waals surface area contributed by atoms with Gasteiger partial charge in [0.2, 0.25) is 0 Å². The van der Waals surface area contributed by atoms with Crippen molar-refractivity contribution < 1.29 is 14.3 Å². The van der Waals surface area contributed by atoms with Crippen molar-refractivity contribution in [2.24, 2.45) is 11.3 Å². The molecule has 90 valence electrons. The van der Waals surface area contributed by atoms with Gasteiger partial charge in [0.25, 0.3) is 0 Å². The van der Waals surface area contributed by atoms with Crippen molar-refractivity contribution in [3.8, 4) is 0 Å². The SMILES string of the molecule is CC1(C)CCCC2NC(=O)OC(=O)C2CC1. The Balaban J connectivity index is 2.09. The lowest BCUT2D eigenvalue weighted by molar-refractivity contribution is -0.146. The number of cyclic esters (lactones) is 2. The van der Waals surface area contributed by atoms with Crippen LogP contribution in [0.2, 0.25) is 0 Å². The number of hydrogen-bond donors (Lipinski definition) is 1. The van der Waals surface area contributed by atoms with Crippen LogP contribution in [-0.4, -0.2) is 18.1 Å².